The fraction of sp³-hybridized carbons (Fsp3) is 0.933. The second-order valence-corrected chi connectivity index (χ2v) is 6.34. The van der Waals surface area contributed by atoms with E-state index in [0.717, 1.165) is 19.3 Å². The van der Waals surface area contributed by atoms with Crippen LogP contribution in [0.1, 0.15) is 65.7 Å². The molecule has 1 N–H and O–H groups in total. The van der Waals surface area contributed by atoms with Crippen LogP contribution >= 0.6 is 0 Å². The van der Waals surface area contributed by atoms with Crippen LogP contribution in [0.3, 0.4) is 0 Å². The second kappa shape index (κ2) is 6.05. The van der Waals surface area contributed by atoms with Crippen LogP contribution in [0.4, 0.5) is 0 Å². The van der Waals surface area contributed by atoms with Crippen molar-refractivity contribution < 1.29 is 4.79 Å². The molecule has 2 aliphatic rings. The van der Waals surface area contributed by atoms with E-state index in [4.69, 9.17) is 0 Å². The topological polar surface area (TPSA) is 32.3 Å². The van der Waals surface area contributed by atoms with Gasteiger partial charge in [0.15, 0.2) is 0 Å². The van der Waals surface area contributed by atoms with Gasteiger partial charge in [-0.25, -0.2) is 0 Å². The lowest BCUT2D eigenvalue weighted by atomic mass is 10.0. The Hall–Kier alpha value is -0.570. The van der Waals surface area contributed by atoms with Gasteiger partial charge in [-0.05, 0) is 31.6 Å². The highest BCUT2D eigenvalue weighted by Gasteiger charge is 2.42. The standard InChI is InChI=1S/C15H28N2O/c1-4-7-14-16-13(10-11(2)3)15(18)17(14)12-8-5-6-9-12/h11-14,16H,4-10H2,1-3H3. The van der Waals surface area contributed by atoms with E-state index in [1.807, 2.05) is 0 Å². The molecular weight excluding hydrogens is 224 g/mol. The maximum atomic E-state index is 12.6. The van der Waals surface area contributed by atoms with E-state index in [0.29, 0.717) is 24.0 Å². The van der Waals surface area contributed by atoms with Crippen molar-refractivity contribution in [2.45, 2.75) is 84.0 Å². The van der Waals surface area contributed by atoms with Crippen molar-refractivity contribution in [2.75, 3.05) is 0 Å². The molecule has 1 saturated heterocycles. The fourth-order valence-electron chi connectivity index (χ4n) is 3.47. The summed E-state index contributed by atoms with van der Waals surface area (Å²) in [7, 11) is 0. The monoisotopic (exact) mass is 252 g/mol. The minimum Gasteiger partial charge on any atom is -0.323 e. The molecule has 1 aliphatic heterocycles. The summed E-state index contributed by atoms with van der Waals surface area (Å²) in [6.07, 6.45) is 8.52. The van der Waals surface area contributed by atoms with Crippen molar-refractivity contribution in [3.8, 4) is 0 Å². The lowest BCUT2D eigenvalue weighted by Crippen LogP contribution is -2.43. The van der Waals surface area contributed by atoms with Gasteiger partial charge < -0.3 is 4.90 Å². The van der Waals surface area contributed by atoms with E-state index < -0.39 is 0 Å². The summed E-state index contributed by atoms with van der Waals surface area (Å²) < 4.78 is 0. The Balaban J connectivity index is 2.05. The number of hydrogen-bond acceptors (Lipinski definition) is 2. The van der Waals surface area contributed by atoms with Gasteiger partial charge in [-0.3, -0.25) is 10.1 Å². The van der Waals surface area contributed by atoms with Crippen LogP contribution in [0, 0.1) is 5.92 Å². The van der Waals surface area contributed by atoms with Gasteiger partial charge in [0.1, 0.15) is 0 Å². The third-order valence-electron chi connectivity index (χ3n) is 4.27. The smallest absolute Gasteiger partial charge is 0.241 e. The van der Waals surface area contributed by atoms with Crippen LogP contribution in [-0.2, 0) is 4.79 Å². The Bertz CT molecular complexity index is 284. The van der Waals surface area contributed by atoms with Crippen LogP contribution in [0.15, 0.2) is 0 Å². The highest BCUT2D eigenvalue weighted by atomic mass is 16.2. The van der Waals surface area contributed by atoms with E-state index in [2.05, 4.69) is 31.0 Å². The SMILES string of the molecule is CCCC1NC(CC(C)C)C(=O)N1C1CCCC1. The molecule has 0 bridgehead atoms. The zero-order chi connectivity index (χ0) is 13.1. The van der Waals surface area contributed by atoms with Gasteiger partial charge in [0.25, 0.3) is 0 Å². The molecule has 1 saturated carbocycles. The third-order valence-corrected chi connectivity index (χ3v) is 4.27. The highest BCUT2D eigenvalue weighted by Crippen LogP contribution is 2.30. The van der Waals surface area contributed by atoms with Crippen molar-refractivity contribution >= 4 is 5.91 Å². The molecule has 2 fully saturated rings. The van der Waals surface area contributed by atoms with Crippen LogP contribution < -0.4 is 5.32 Å². The summed E-state index contributed by atoms with van der Waals surface area (Å²) in [6.45, 7) is 6.60. The molecule has 0 aromatic rings. The fourth-order valence-corrected chi connectivity index (χ4v) is 3.47. The minimum absolute atomic E-state index is 0.0714. The zero-order valence-electron chi connectivity index (χ0n) is 12.1. The number of nitrogens with one attached hydrogen (secondary N) is 1. The molecule has 2 unspecified atom stereocenters. The van der Waals surface area contributed by atoms with Crippen molar-refractivity contribution in [3.63, 3.8) is 0 Å². The van der Waals surface area contributed by atoms with Crippen molar-refractivity contribution in [2.24, 2.45) is 5.92 Å². The normalized spacial score (nSPS) is 29.8. The number of carbonyl (C=O) groups excluding carboxylic acids is 1. The first-order chi connectivity index (χ1) is 8.63. The van der Waals surface area contributed by atoms with Crippen molar-refractivity contribution in [1.82, 2.24) is 10.2 Å². The van der Waals surface area contributed by atoms with Gasteiger partial charge >= 0.3 is 0 Å². The average Bonchev–Trinajstić information content (AvgIpc) is 2.89. The third kappa shape index (κ3) is 2.87. The lowest BCUT2D eigenvalue weighted by Gasteiger charge is -2.30. The molecule has 104 valence electrons. The minimum atomic E-state index is 0.0714. The average molecular weight is 252 g/mol. The quantitative estimate of drug-likeness (QED) is 0.816. The predicted molar refractivity (Wildman–Crippen MR) is 74.2 cm³/mol. The molecule has 0 aromatic carbocycles. The van der Waals surface area contributed by atoms with Crippen LogP contribution in [0.5, 0.6) is 0 Å². The Kier molecular flexibility index (Phi) is 4.66. The Morgan fingerprint density at radius 2 is 2.00 bits per heavy atom. The van der Waals surface area contributed by atoms with Crippen molar-refractivity contribution in [1.29, 1.82) is 0 Å². The molecule has 0 spiro atoms. The molecule has 0 aromatic heterocycles. The van der Waals surface area contributed by atoms with Gasteiger partial charge in [-0.15, -0.1) is 0 Å². The summed E-state index contributed by atoms with van der Waals surface area (Å²) in [5.74, 6) is 0.950. The van der Waals surface area contributed by atoms with Crippen molar-refractivity contribution in [3.05, 3.63) is 0 Å². The number of carbonyl (C=O) groups is 1. The molecule has 1 aliphatic carbocycles. The number of hydrogen-bond donors (Lipinski definition) is 1. The van der Waals surface area contributed by atoms with Crippen LogP contribution in [0.25, 0.3) is 0 Å². The van der Waals surface area contributed by atoms with E-state index in [1.165, 1.54) is 25.7 Å². The molecule has 2 rings (SSSR count). The van der Waals surface area contributed by atoms with E-state index in [1.54, 1.807) is 0 Å². The summed E-state index contributed by atoms with van der Waals surface area (Å²) in [4.78, 5) is 14.8. The van der Waals surface area contributed by atoms with Gasteiger partial charge in [-0.1, -0.05) is 40.0 Å². The van der Waals surface area contributed by atoms with Crippen LogP contribution in [-0.4, -0.2) is 29.1 Å². The summed E-state index contributed by atoms with van der Waals surface area (Å²) in [5, 5.41) is 3.58. The number of rotatable bonds is 5. The van der Waals surface area contributed by atoms with Gasteiger partial charge in [0.2, 0.25) is 5.91 Å². The first-order valence-corrected chi connectivity index (χ1v) is 7.71. The molecule has 1 heterocycles. The largest absolute Gasteiger partial charge is 0.323 e. The van der Waals surface area contributed by atoms with E-state index >= 15 is 0 Å². The summed E-state index contributed by atoms with van der Waals surface area (Å²) >= 11 is 0. The molecular formula is C15H28N2O. The first-order valence-electron chi connectivity index (χ1n) is 7.71. The molecule has 0 radical (unpaired) electrons. The predicted octanol–water partition coefficient (Wildman–Crippen LogP) is 2.90. The van der Waals surface area contributed by atoms with Crippen LogP contribution in [0.2, 0.25) is 0 Å². The Labute approximate surface area is 111 Å². The van der Waals surface area contributed by atoms with Gasteiger partial charge in [-0.2, -0.15) is 0 Å². The van der Waals surface area contributed by atoms with Gasteiger partial charge in [0.05, 0.1) is 12.2 Å². The molecule has 2 atom stereocenters. The maximum Gasteiger partial charge on any atom is 0.241 e. The number of amides is 1. The molecule has 3 heteroatoms. The zero-order valence-corrected chi connectivity index (χ0v) is 12.1. The van der Waals surface area contributed by atoms with Gasteiger partial charge in [0, 0.05) is 6.04 Å². The Morgan fingerprint density at radius 1 is 1.33 bits per heavy atom. The van der Waals surface area contributed by atoms with E-state index in [9.17, 15) is 4.79 Å². The maximum absolute atomic E-state index is 12.6. The summed E-state index contributed by atoms with van der Waals surface area (Å²) in [6, 6.07) is 0.584. The molecule has 3 nitrogen and oxygen atoms in total. The van der Waals surface area contributed by atoms with E-state index in [-0.39, 0.29) is 6.04 Å². The second-order valence-electron chi connectivity index (χ2n) is 6.34. The first kappa shape index (κ1) is 13.9. The lowest BCUT2D eigenvalue weighted by molar-refractivity contribution is -0.132. The molecule has 1 amide bonds. The Morgan fingerprint density at radius 3 is 2.56 bits per heavy atom. The summed E-state index contributed by atoms with van der Waals surface area (Å²) in [5.41, 5.74) is 0. The highest BCUT2D eigenvalue weighted by molar-refractivity contribution is 5.84. The number of nitrogens with zero attached hydrogens (tertiary/aromatic N) is 1. The molecule has 18 heavy (non-hydrogen) atoms.